The van der Waals surface area contributed by atoms with Gasteiger partial charge in [-0.2, -0.15) is 0 Å². The van der Waals surface area contributed by atoms with Crippen LogP contribution >= 0.6 is 0 Å². The zero-order chi connectivity index (χ0) is 23.8. The first kappa shape index (κ1) is 22.8. The van der Waals surface area contributed by atoms with Crippen LogP contribution in [0.4, 0.5) is 10.1 Å². The van der Waals surface area contributed by atoms with Crippen LogP contribution in [-0.2, 0) is 27.8 Å². The van der Waals surface area contributed by atoms with Gasteiger partial charge in [0.05, 0.1) is 16.9 Å². The molecule has 0 aliphatic carbocycles. The number of sulfonamides is 1. The van der Waals surface area contributed by atoms with Crippen LogP contribution in [0.2, 0.25) is 0 Å². The molecule has 1 amide bonds. The van der Waals surface area contributed by atoms with Crippen molar-refractivity contribution in [2.45, 2.75) is 37.8 Å². The van der Waals surface area contributed by atoms with Crippen molar-refractivity contribution in [2.24, 2.45) is 0 Å². The highest BCUT2D eigenvalue weighted by atomic mass is 32.2. The van der Waals surface area contributed by atoms with Gasteiger partial charge < -0.3 is 4.90 Å². The SMILES string of the molecule is CC(=O)N1c2ccc(S(=O)(=O)NCCn3cnc(-c4ccc(F)cc4)cc3=O)cc2CC1C. The number of fused-ring (bicyclic) bond motifs is 1. The molecule has 1 atom stereocenters. The second-order valence-corrected chi connectivity index (χ2v) is 9.71. The Labute approximate surface area is 190 Å². The number of hydrogen-bond acceptors (Lipinski definition) is 5. The number of nitrogens with one attached hydrogen (secondary N) is 1. The molecule has 0 bridgehead atoms. The van der Waals surface area contributed by atoms with E-state index >= 15 is 0 Å². The van der Waals surface area contributed by atoms with E-state index in [0.29, 0.717) is 17.7 Å². The number of carbonyl (C=O) groups excluding carboxylic acids is 1. The topological polar surface area (TPSA) is 101 Å². The Morgan fingerprint density at radius 1 is 1.18 bits per heavy atom. The fourth-order valence-corrected chi connectivity index (χ4v) is 5.08. The maximum absolute atomic E-state index is 13.1. The molecule has 1 aromatic heterocycles. The Morgan fingerprint density at radius 2 is 1.91 bits per heavy atom. The summed E-state index contributed by atoms with van der Waals surface area (Å²) in [5.41, 5.74) is 2.20. The van der Waals surface area contributed by atoms with E-state index in [0.717, 1.165) is 11.3 Å². The fourth-order valence-electron chi connectivity index (χ4n) is 4.01. The molecule has 33 heavy (non-hydrogen) atoms. The highest BCUT2D eigenvalue weighted by molar-refractivity contribution is 7.89. The number of anilines is 1. The van der Waals surface area contributed by atoms with E-state index in [9.17, 15) is 22.4 Å². The van der Waals surface area contributed by atoms with E-state index < -0.39 is 10.0 Å². The molecule has 1 aliphatic rings. The standard InChI is InChI=1S/C23H23FN4O4S/c1-15-11-18-12-20(7-8-22(18)28(15)16(2)29)33(31,32)26-9-10-27-14-25-21(13-23(27)30)17-3-5-19(24)6-4-17/h3-8,12-15,26H,9-11H2,1-2H3. The fraction of sp³-hybridized carbons (Fsp3) is 0.261. The van der Waals surface area contributed by atoms with E-state index in [1.807, 2.05) is 6.92 Å². The number of halogens is 1. The van der Waals surface area contributed by atoms with E-state index in [-0.39, 0.29) is 41.3 Å². The minimum absolute atomic E-state index is 0.00707. The van der Waals surface area contributed by atoms with Gasteiger partial charge in [-0.25, -0.2) is 22.5 Å². The Kier molecular flexibility index (Phi) is 6.13. The molecule has 2 heterocycles. The summed E-state index contributed by atoms with van der Waals surface area (Å²) in [6.45, 7) is 3.49. The largest absolute Gasteiger partial charge is 0.309 e. The van der Waals surface area contributed by atoms with Crippen molar-refractivity contribution < 1.29 is 17.6 Å². The van der Waals surface area contributed by atoms with Gasteiger partial charge in [-0.05, 0) is 61.4 Å². The molecule has 2 aromatic carbocycles. The number of carbonyl (C=O) groups is 1. The minimum Gasteiger partial charge on any atom is -0.309 e. The molecule has 1 aliphatic heterocycles. The van der Waals surface area contributed by atoms with Crippen molar-refractivity contribution in [3.8, 4) is 11.3 Å². The monoisotopic (exact) mass is 470 g/mol. The molecular formula is C23H23FN4O4S. The summed E-state index contributed by atoms with van der Waals surface area (Å²) in [4.78, 5) is 30.2. The first-order chi connectivity index (χ1) is 15.7. The molecule has 1 unspecified atom stereocenters. The van der Waals surface area contributed by atoms with Crippen LogP contribution in [0.5, 0.6) is 0 Å². The molecule has 172 valence electrons. The molecule has 4 rings (SSSR count). The van der Waals surface area contributed by atoms with Crippen molar-refractivity contribution in [3.05, 3.63) is 76.6 Å². The highest BCUT2D eigenvalue weighted by Gasteiger charge is 2.30. The lowest BCUT2D eigenvalue weighted by molar-refractivity contribution is -0.116. The number of nitrogens with zero attached hydrogens (tertiary/aromatic N) is 3. The normalized spacial score (nSPS) is 15.5. The van der Waals surface area contributed by atoms with Crippen LogP contribution in [0, 0.1) is 5.82 Å². The molecular weight excluding hydrogens is 447 g/mol. The molecule has 0 radical (unpaired) electrons. The Hall–Kier alpha value is -3.37. The second-order valence-electron chi connectivity index (χ2n) is 7.94. The number of amides is 1. The highest BCUT2D eigenvalue weighted by Crippen LogP contribution is 2.33. The summed E-state index contributed by atoms with van der Waals surface area (Å²) in [5.74, 6) is -0.465. The molecule has 10 heteroatoms. The number of benzene rings is 2. The van der Waals surface area contributed by atoms with Crippen molar-refractivity contribution in [1.29, 1.82) is 0 Å². The number of aromatic nitrogens is 2. The van der Waals surface area contributed by atoms with E-state index in [1.54, 1.807) is 17.0 Å². The lowest BCUT2D eigenvalue weighted by atomic mass is 10.1. The van der Waals surface area contributed by atoms with Crippen molar-refractivity contribution >= 4 is 21.6 Å². The maximum atomic E-state index is 13.1. The van der Waals surface area contributed by atoms with Gasteiger partial charge >= 0.3 is 0 Å². The van der Waals surface area contributed by atoms with Crippen molar-refractivity contribution in [3.63, 3.8) is 0 Å². The van der Waals surface area contributed by atoms with E-state index in [2.05, 4.69) is 9.71 Å². The first-order valence-corrected chi connectivity index (χ1v) is 11.9. The quantitative estimate of drug-likeness (QED) is 0.596. The Balaban J connectivity index is 1.43. The third-order valence-electron chi connectivity index (χ3n) is 5.58. The van der Waals surface area contributed by atoms with Crippen LogP contribution < -0.4 is 15.2 Å². The molecule has 8 nitrogen and oxygen atoms in total. The maximum Gasteiger partial charge on any atom is 0.253 e. The average Bonchev–Trinajstić information content (AvgIpc) is 3.10. The van der Waals surface area contributed by atoms with E-state index in [4.69, 9.17) is 0 Å². The number of rotatable bonds is 6. The van der Waals surface area contributed by atoms with Gasteiger partial charge in [0, 0.05) is 43.4 Å². The summed E-state index contributed by atoms with van der Waals surface area (Å²) in [7, 11) is -3.80. The van der Waals surface area contributed by atoms with Gasteiger partial charge in [0.25, 0.3) is 5.56 Å². The van der Waals surface area contributed by atoms with Crippen LogP contribution in [0.25, 0.3) is 11.3 Å². The van der Waals surface area contributed by atoms with Gasteiger partial charge in [0.15, 0.2) is 0 Å². The third-order valence-corrected chi connectivity index (χ3v) is 7.04. The van der Waals surface area contributed by atoms with Crippen LogP contribution in [0.1, 0.15) is 19.4 Å². The summed E-state index contributed by atoms with van der Waals surface area (Å²) >= 11 is 0. The summed E-state index contributed by atoms with van der Waals surface area (Å²) in [6.07, 6.45) is 1.92. The number of hydrogen-bond donors (Lipinski definition) is 1. The summed E-state index contributed by atoms with van der Waals surface area (Å²) < 4.78 is 42.4. The van der Waals surface area contributed by atoms with Gasteiger partial charge in [0.2, 0.25) is 15.9 Å². The molecule has 0 saturated heterocycles. The van der Waals surface area contributed by atoms with Crippen LogP contribution in [0.15, 0.2) is 64.5 Å². The smallest absolute Gasteiger partial charge is 0.253 e. The van der Waals surface area contributed by atoms with E-state index in [1.165, 1.54) is 54.2 Å². The summed E-state index contributed by atoms with van der Waals surface area (Å²) in [6, 6.07) is 11.6. The predicted octanol–water partition coefficient (Wildman–Crippen LogP) is 2.33. The molecule has 0 saturated carbocycles. The molecule has 0 fully saturated rings. The third kappa shape index (κ3) is 4.71. The predicted molar refractivity (Wildman–Crippen MR) is 122 cm³/mol. The molecule has 0 spiro atoms. The average molecular weight is 471 g/mol. The molecule has 1 N–H and O–H groups in total. The van der Waals surface area contributed by atoms with Gasteiger partial charge in [-0.3, -0.25) is 14.2 Å². The van der Waals surface area contributed by atoms with Gasteiger partial charge in [-0.1, -0.05) is 0 Å². The minimum atomic E-state index is -3.80. The zero-order valence-corrected chi connectivity index (χ0v) is 19.0. The van der Waals surface area contributed by atoms with Crippen LogP contribution in [0.3, 0.4) is 0 Å². The van der Waals surface area contributed by atoms with Crippen molar-refractivity contribution in [1.82, 2.24) is 14.3 Å². The van der Waals surface area contributed by atoms with Gasteiger partial charge in [-0.15, -0.1) is 0 Å². The first-order valence-electron chi connectivity index (χ1n) is 10.4. The summed E-state index contributed by atoms with van der Waals surface area (Å²) in [5, 5.41) is 0. The van der Waals surface area contributed by atoms with Gasteiger partial charge in [0.1, 0.15) is 5.82 Å². The van der Waals surface area contributed by atoms with Crippen LogP contribution in [-0.4, -0.2) is 36.5 Å². The molecule has 3 aromatic rings. The lowest BCUT2D eigenvalue weighted by Gasteiger charge is -2.20. The Bertz CT molecular complexity index is 1370. The zero-order valence-electron chi connectivity index (χ0n) is 18.2. The van der Waals surface area contributed by atoms with Crippen molar-refractivity contribution in [2.75, 3.05) is 11.4 Å². The Morgan fingerprint density at radius 3 is 2.58 bits per heavy atom. The second kappa shape index (κ2) is 8.87. The lowest BCUT2D eigenvalue weighted by Crippen LogP contribution is -2.33.